The molecule has 5 N–H and O–H groups in total. The molecule has 0 saturated heterocycles. The molecule has 0 aliphatic carbocycles. The van der Waals surface area contributed by atoms with E-state index in [0.29, 0.717) is 0 Å². The van der Waals surface area contributed by atoms with Crippen molar-refractivity contribution in [2.75, 3.05) is 6.54 Å². The van der Waals surface area contributed by atoms with Gasteiger partial charge in [-0.05, 0) is 23.8 Å². The summed E-state index contributed by atoms with van der Waals surface area (Å²) in [4.78, 5) is 50.3. The van der Waals surface area contributed by atoms with Gasteiger partial charge in [-0.1, -0.05) is 30.3 Å². The number of para-hydroxylation sites is 1. The third-order valence-electron chi connectivity index (χ3n) is 4.54. The van der Waals surface area contributed by atoms with Crippen molar-refractivity contribution in [3.63, 3.8) is 0 Å². The minimum atomic E-state index is -1.27. The largest absolute Gasteiger partial charge is 0.480 e. The molecular formula is C21H19N3O6. The molecule has 0 spiro atoms. The summed E-state index contributed by atoms with van der Waals surface area (Å²) in [5.41, 5.74) is 1.30. The van der Waals surface area contributed by atoms with Crippen LogP contribution in [-0.4, -0.2) is 51.5 Å². The van der Waals surface area contributed by atoms with Crippen LogP contribution >= 0.6 is 0 Å². The van der Waals surface area contributed by atoms with Crippen LogP contribution in [0.2, 0.25) is 0 Å². The zero-order valence-corrected chi connectivity index (χ0v) is 15.7. The summed E-state index contributed by atoms with van der Waals surface area (Å²) >= 11 is 0. The highest BCUT2D eigenvalue weighted by atomic mass is 16.4. The van der Waals surface area contributed by atoms with Gasteiger partial charge < -0.3 is 25.8 Å². The fourth-order valence-corrected chi connectivity index (χ4v) is 3.09. The first kappa shape index (κ1) is 20.6. The number of aromatic amines is 1. The predicted molar refractivity (Wildman–Crippen MR) is 107 cm³/mol. The third-order valence-corrected chi connectivity index (χ3v) is 4.54. The van der Waals surface area contributed by atoms with Crippen LogP contribution < -0.4 is 10.6 Å². The lowest BCUT2D eigenvalue weighted by molar-refractivity contribution is -0.141. The van der Waals surface area contributed by atoms with Gasteiger partial charge in [0.2, 0.25) is 5.91 Å². The second kappa shape index (κ2) is 8.91. The van der Waals surface area contributed by atoms with E-state index in [1.807, 2.05) is 24.3 Å². The summed E-state index contributed by atoms with van der Waals surface area (Å²) in [5.74, 6) is -3.93. The van der Waals surface area contributed by atoms with Crippen LogP contribution in [0.4, 0.5) is 0 Å². The van der Waals surface area contributed by atoms with Crippen LogP contribution in [0.5, 0.6) is 0 Å². The molecule has 3 aromatic rings. The molecule has 3 rings (SSSR count). The lowest BCUT2D eigenvalue weighted by Crippen LogP contribution is -2.46. The van der Waals surface area contributed by atoms with E-state index in [1.165, 1.54) is 24.3 Å². The van der Waals surface area contributed by atoms with Gasteiger partial charge in [-0.3, -0.25) is 9.59 Å². The molecule has 0 fully saturated rings. The summed E-state index contributed by atoms with van der Waals surface area (Å²) in [6.45, 7) is -0.496. The molecule has 30 heavy (non-hydrogen) atoms. The van der Waals surface area contributed by atoms with Crippen molar-refractivity contribution in [1.29, 1.82) is 0 Å². The zero-order valence-electron chi connectivity index (χ0n) is 15.7. The number of carboxylic acid groups (broad SMARTS) is 2. The maximum Gasteiger partial charge on any atom is 0.336 e. The minimum absolute atomic E-state index is 0.0564. The van der Waals surface area contributed by atoms with Crippen LogP contribution in [-0.2, 0) is 16.0 Å². The van der Waals surface area contributed by atoms with Crippen LogP contribution in [0.3, 0.4) is 0 Å². The van der Waals surface area contributed by atoms with Crippen molar-refractivity contribution in [3.8, 4) is 0 Å². The second-order valence-corrected chi connectivity index (χ2v) is 6.56. The number of benzene rings is 2. The molecule has 0 bridgehead atoms. The van der Waals surface area contributed by atoms with Gasteiger partial charge in [0.25, 0.3) is 5.91 Å². The fourth-order valence-electron chi connectivity index (χ4n) is 3.09. The molecule has 0 aliphatic heterocycles. The van der Waals surface area contributed by atoms with E-state index in [4.69, 9.17) is 5.11 Å². The SMILES string of the molecule is O=C(CNC(=O)c1ccccc1C(=O)O)NC(Cc1c[nH]c2ccccc12)C(=O)O. The highest BCUT2D eigenvalue weighted by molar-refractivity contribution is 6.05. The summed E-state index contributed by atoms with van der Waals surface area (Å²) in [7, 11) is 0. The number of nitrogens with one attached hydrogen (secondary N) is 3. The number of amides is 2. The summed E-state index contributed by atoms with van der Waals surface area (Å²) in [6.07, 6.45) is 1.75. The Labute approximate surface area is 170 Å². The topological polar surface area (TPSA) is 149 Å². The van der Waals surface area contributed by atoms with Gasteiger partial charge in [-0.2, -0.15) is 0 Å². The predicted octanol–water partition coefficient (Wildman–Crippen LogP) is 1.41. The van der Waals surface area contributed by atoms with Gasteiger partial charge in [-0.25, -0.2) is 9.59 Å². The smallest absolute Gasteiger partial charge is 0.336 e. The minimum Gasteiger partial charge on any atom is -0.480 e. The van der Waals surface area contributed by atoms with E-state index >= 15 is 0 Å². The Hall–Kier alpha value is -4.14. The van der Waals surface area contributed by atoms with Crippen LogP contribution in [0.1, 0.15) is 26.3 Å². The van der Waals surface area contributed by atoms with Crippen LogP contribution in [0.25, 0.3) is 10.9 Å². The van der Waals surface area contributed by atoms with Gasteiger partial charge >= 0.3 is 11.9 Å². The summed E-state index contributed by atoms with van der Waals surface area (Å²) < 4.78 is 0. The van der Waals surface area contributed by atoms with Crippen molar-refractivity contribution in [3.05, 3.63) is 71.4 Å². The van der Waals surface area contributed by atoms with E-state index in [-0.39, 0.29) is 17.5 Å². The number of H-pyrrole nitrogens is 1. The quantitative estimate of drug-likeness (QED) is 0.380. The number of aromatic carboxylic acids is 1. The Balaban J connectivity index is 1.63. The third kappa shape index (κ3) is 4.64. The summed E-state index contributed by atoms with van der Waals surface area (Å²) in [6, 6.07) is 11.8. The Morgan fingerprint density at radius 3 is 2.30 bits per heavy atom. The molecular weight excluding hydrogens is 390 g/mol. The summed E-state index contributed by atoms with van der Waals surface area (Å²) in [5, 5.41) is 24.2. The van der Waals surface area contributed by atoms with Crippen molar-refractivity contribution < 1.29 is 29.4 Å². The number of carbonyl (C=O) groups is 4. The molecule has 2 amide bonds. The monoisotopic (exact) mass is 409 g/mol. The lowest BCUT2D eigenvalue weighted by atomic mass is 10.0. The first-order valence-electron chi connectivity index (χ1n) is 9.04. The van der Waals surface area contributed by atoms with Crippen molar-refractivity contribution in [2.24, 2.45) is 0 Å². The fraction of sp³-hybridized carbons (Fsp3) is 0.143. The number of rotatable bonds is 8. The van der Waals surface area contributed by atoms with E-state index in [2.05, 4.69) is 15.6 Å². The Kier molecular flexibility index (Phi) is 6.11. The number of carbonyl (C=O) groups excluding carboxylic acids is 2. The molecule has 1 heterocycles. The number of hydrogen-bond donors (Lipinski definition) is 5. The Morgan fingerprint density at radius 1 is 0.933 bits per heavy atom. The molecule has 9 nitrogen and oxygen atoms in total. The first-order valence-corrected chi connectivity index (χ1v) is 9.04. The van der Waals surface area contributed by atoms with Crippen molar-refractivity contribution >= 4 is 34.7 Å². The van der Waals surface area contributed by atoms with Crippen LogP contribution in [0, 0.1) is 0 Å². The second-order valence-electron chi connectivity index (χ2n) is 6.56. The van der Waals surface area contributed by atoms with Crippen molar-refractivity contribution in [1.82, 2.24) is 15.6 Å². The normalized spacial score (nSPS) is 11.6. The molecule has 0 aliphatic rings. The highest BCUT2D eigenvalue weighted by Gasteiger charge is 2.23. The average molecular weight is 409 g/mol. The number of aromatic nitrogens is 1. The van der Waals surface area contributed by atoms with Gasteiger partial charge in [0.15, 0.2) is 0 Å². The lowest BCUT2D eigenvalue weighted by Gasteiger charge is -2.15. The maximum atomic E-state index is 12.2. The van der Waals surface area contributed by atoms with E-state index in [1.54, 1.807) is 6.20 Å². The molecule has 1 aromatic heterocycles. The molecule has 0 saturated carbocycles. The van der Waals surface area contributed by atoms with E-state index in [0.717, 1.165) is 16.5 Å². The molecule has 154 valence electrons. The standard InChI is InChI=1S/C21H19N3O6/c25-18(11-23-19(26)14-6-1-2-7-15(14)20(27)28)24-17(21(29)30)9-12-10-22-16-8-4-3-5-13(12)16/h1-8,10,17,22H,9,11H2,(H,23,26)(H,24,25)(H,27,28)(H,29,30). The average Bonchev–Trinajstić information content (AvgIpc) is 3.14. The molecule has 1 atom stereocenters. The van der Waals surface area contributed by atoms with Crippen molar-refractivity contribution in [2.45, 2.75) is 12.5 Å². The number of hydrogen-bond acceptors (Lipinski definition) is 4. The van der Waals surface area contributed by atoms with Crippen LogP contribution in [0.15, 0.2) is 54.7 Å². The number of fused-ring (bicyclic) bond motifs is 1. The number of aliphatic carboxylic acids is 1. The van der Waals surface area contributed by atoms with E-state index < -0.39 is 36.3 Å². The Morgan fingerprint density at radius 2 is 1.60 bits per heavy atom. The molecule has 0 radical (unpaired) electrons. The molecule has 2 aromatic carbocycles. The highest BCUT2D eigenvalue weighted by Crippen LogP contribution is 2.19. The van der Waals surface area contributed by atoms with Gasteiger partial charge in [0, 0.05) is 23.5 Å². The van der Waals surface area contributed by atoms with E-state index in [9.17, 15) is 24.3 Å². The zero-order chi connectivity index (χ0) is 21.7. The Bertz CT molecular complexity index is 1120. The molecule has 1 unspecified atom stereocenters. The first-order chi connectivity index (χ1) is 14.4. The van der Waals surface area contributed by atoms with Gasteiger partial charge in [0.05, 0.1) is 17.7 Å². The number of carboxylic acids is 2. The van der Waals surface area contributed by atoms with Gasteiger partial charge in [0.1, 0.15) is 6.04 Å². The maximum absolute atomic E-state index is 12.2. The van der Waals surface area contributed by atoms with Gasteiger partial charge in [-0.15, -0.1) is 0 Å². The molecule has 9 heteroatoms.